The van der Waals surface area contributed by atoms with Crippen molar-refractivity contribution in [2.75, 3.05) is 14.2 Å². The van der Waals surface area contributed by atoms with Crippen molar-refractivity contribution in [3.63, 3.8) is 0 Å². The lowest BCUT2D eigenvalue weighted by molar-refractivity contribution is -0.127. The monoisotopic (exact) mass is 346 g/mol. The number of rotatable bonds is 6. The highest BCUT2D eigenvalue weighted by Gasteiger charge is 2.29. The van der Waals surface area contributed by atoms with Crippen LogP contribution in [0.4, 0.5) is 0 Å². The van der Waals surface area contributed by atoms with Crippen LogP contribution in [0.1, 0.15) is 28.3 Å². The summed E-state index contributed by atoms with van der Waals surface area (Å²) in [5, 5.41) is 1.88. The first-order valence-electron chi connectivity index (χ1n) is 7.86. The average molecular weight is 346 g/mol. The number of aryl methyl sites for hydroxylation is 1. The van der Waals surface area contributed by atoms with Crippen molar-refractivity contribution in [1.29, 1.82) is 0 Å². The molecular formula is C18H22N2O3S. The molecule has 6 heteroatoms. The number of nitrogens with two attached hydrogens (primary N) is 1. The minimum Gasteiger partial charge on any atom is -0.497 e. The summed E-state index contributed by atoms with van der Waals surface area (Å²) in [6.07, 6.45) is 2.98. The van der Waals surface area contributed by atoms with Gasteiger partial charge < -0.3 is 20.0 Å². The quantitative estimate of drug-likeness (QED) is 0.866. The van der Waals surface area contributed by atoms with E-state index in [1.807, 2.05) is 29.3 Å². The van der Waals surface area contributed by atoms with E-state index in [0.717, 1.165) is 23.5 Å². The number of hydrogen-bond donors (Lipinski definition) is 1. The van der Waals surface area contributed by atoms with Crippen LogP contribution in [0.2, 0.25) is 0 Å². The highest BCUT2D eigenvalue weighted by Crippen LogP contribution is 2.36. The van der Waals surface area contributed by atoms with Gasteiger partial charge in [0.25, 0.3) is 0 Å². The van der Waals surface area contributed by atoms with Crippen molar-refractivity contribution in [3.05, 3.63) is 57.6 Å². The first-order valence-corrected chi connectivity index (χ1v) is 8.67. The Morgan fingerprint density at radius 2 is 2.04 bits per heavy atom. The van der Waals surface area contributed by atoms with Crippen LogP contribution in [0.15, 0.2) is 42.3 Å². The second-order valence-corrected chi connectivity index (χ2v) is 6.72. The fourth-order valence-electron chi connectivity index (χ4n) is 2.71. The molecule has 0 saturated heterocycles. The maximum absolute atomic E-state index is 5.91. The lowest BCUT2D eigenvalue weighted by Gasteiger charge is -2.23. The molecule has 0 amide bonds. The number of hydroxylamine groups is 2. The summed E-state index contributed by atoms with van der Waals surface area (Å²) in [4.78, 5) is 8.30. The second-order valence-electron chi connectivity index (χ2n) is 5.52. The Hall–Kier alpha value is -2.18. The molecule has 1 aliphatic heterocycles. The van der Waals surface area contributed by atoms with Crippen molar-refractivity contribution >= 4 is 11.3 Å². The van der Waals surface area contributed by atoms with Gasteiger partial charge in [-0.3, -0.25) is 0 Å². The van der Waals surface area contributed by atoms with E-state index in [-0.39, 0.29) is 6.04 Å². The number of benzene rings is 1. The first-order chi connectivity index (χ1) is 11.6. The minimum atomic E-state index is 0.0158. The van der Waals surface area contributed by atoms with Gasteiger partial charge in [0.2, 0.25) is 5.88 Å². The van der Waals surface area contributed by atoms with Gasteiger partial charge in [0.15, 0.2) is 0 Å². The van der Waals surface area contributed by atoms with E-state index < -0.39 is 0 Å². The van der Waals surface area contributed by atoms with E-state index in [2.05, 4.69) is 19.1 Å². The molecule has 1 aromatic heterocycles. The van der Waals surface area contributed by atoms with E-state index in [1.54, 1.807) is 25.6 Å². The summed E-state index contributed by atoms with van der Waals surface area (Å²) in [7, 11) is 3.29. The van der Waals surface area contributed by atoms with Gasteiger partial charge in [0.1, 0.15) is 17.5 Å². The van der Waals surface area contributed by atoms with E-state index in [4.69, 9.17) is 20.0 Å². The molecule has 2 aromatic rings. The van der Waals surface area contributed by atoms with Crippen molar-refractivity contribution in [1.82, 2.24) is 5.06 Å². The summed E-state index contributed by atoms with van der Waals surface area (Å²) < 4.78 is 10.7. The summed E-state index contributed by atoms with van der Waals surface area (Å²) in [5.74, 6) is 1.96. The van der Waals surface area contributed by atoms with Crippen molar-refractivity contribution in [2.24, 2.45) is 5.73 Å². The largest absolute Gasteiger partial charge is 0.497 e. The van der Waals surface area contributed by atoms with Crippen LogP contribution in [0.25, 0.3) is 0 Å². The molecule has 0 radical (unpaired) electrons. The van der Waals surface area contributed by atoms with Gasteiger partial charge in [0.05, 0.1) is 20.8 Å². The lowest BCUT2D eigenvalue weighted by atomic mass is 10.1. The average Bonchev–Trinajstić information content (AvgIpc) is 3.21. The lowest BCUT2D eigenvalue weighted by Crippen LogP contribution is -2.23. The van der Waals surface area contributed by atoms with Crippen LogP contribution >= 0.6 is 11.3 Å². The Morgan fingerprint density at radius 3 is 2.71 bits per heavy atom. The third-order valence-corrected chi connectivity index (χ3v) is 5.30. The van der Waals surface area contributed by atoms with Crippen molar-refractivity contribution in [3.8, 4) is 11.5 Å². The molecule has 2 N–H and O–H groups in total. The molecular weight excluding hydrogens is 324 g/mol. The Labute approximate surface area is 146 Å². The summed E-state index contributed by atoms with van der Waals surface area (Å²) in [5.41, 5.74) is 6.93. The Balaban J connectivity index is 1.83. The molecule has 0 aliphatic carbocycles. The molecule has 2 heterocycles. The third-order valence-electron chi connectivity index (χ3n) is 4.00. The number of nitrogens with zero attached hydrogens (tertiary/aromatic N) is 1. The molecule has 1 unspecified atom stereocenters. The smallest absolute Gasteiger partial charge is 0.207 e. The van der Waals surface area contributed by atoms with Gasteiger partial charge in [-0.1, -0.05) is 13.0 Å². The first kappa shape index (κ1) is 16.7. The molecule has 24 heavy (non-hydrogen) atoms. The Kier molecular flexibility index (Phi) is 4.97. The molecule has 1 aromatic carbocycles. The van der Waals surface area contributed by atoms with Gasteiger partial charge in [0, 0.05) is 27.5 Å². The normalized spacial score (nSPS) is 17.5. The zero-order valence-corrected chi connectivity index (χ0v) is 14.9. The molecule has 1 aliphatic rings. The zero-order valence-electron chi connectivity index (χ0n) is 14.1. The van der Waals surface area contributed by atoms with E-state index in [9.17, 15) is 0 Å². The highest BCUT2D eigenvalue weighted by molar-refractivity contribution is 7.12. The van der Waals surface area contributed by atoms with E-state index >= 15 is 0 Å². The number of methoxy groups -OCH3 is 2. The molecule has 5 nitrogen and oxygen atoms in total. The molecule has 1 atom stereocenters. The standard InChI is InChI=1S/C18H22N2O3S/c1-4-14-7-8-17(24-14)15-10-18(19)23-20(15)11-12-5-6-13(21-2)9-16(12)22-3/h5-10,15H,4,11,19H2,1-3H3. The van der Waals surface area contributed by atoms with Gasteiger partial charge in [-0.25, -0.2) is 0 Å². The number of ether oxygens (including phenoxy) is 2. The Morgan fingerprint density at radius 1 is 1.21 bits per heavy atom. The molecule has 0 fully saturated rings. The molecule has 0 bridgehead atoms. The predicted octanol–water partition coefficient (Wildman–Crippen LogP) is 3.62. The van der Waals surface area contributed by atoms with Gasteiger partial charge in [-0.05, 0) is 24.6 Å². The maximum Gasteiger partial charge on any atom is 0.207 e. The highest BCUT2D eigenvalue weighted by atomic mass is 32.1. The second kappa shape index (κ2) is 7.15. The summed E-state index contributed by atoms with van der Waals surface area (Å²) >= 11 is 1.79. The van der Waals surface area contributed by atoms with Crippen LogP contribution < -0.4 is 15.2 Å². The van der Waals surface area contributed by atoms with Gasteiger partial charge in [-0.15, -0.1) is 16.4 Å². The minimum absolute atomic E-state index is 0.0158. The maximum atomic E-state index is 5.91. The molecule has 0 spiro atoms. The van der Waals surface area contributed by atoms with Crippen molar-refractivity contribution in [2.45, 2.75) is 25.9 Å². The summed E-state index contributed by atoms with van der Waals surface area (Å²) in [6, 6.07) is 10.1. The van der Waals surface area contributed by atoms with Crippen LogP contribution in [0, 0.1) is 0 Å². The van der Waals surface area contributed by atoms with Gasteiger partial charge >= 0.3 is 0 Å². The van der Waals surface area contributed by atoms with Gasteiger partial charge in [-0.2, -0.15) is 0 Å². The van der Waals surface area contributed by atoms with Crippen LogP contribution in [-0.2, 0) is 17.8 Å². The van der Waals surface area contributed by atoms with E-state index in [0.29, 0.717) is 12.4 Å². The third kappa shape index (κ3) is 3.34. The molecule has 0 saturated carbocycles. The van der Waals surface area contributed by atoms with Crippen molar-refractivity contribution < 1.29 is 14.3 Å². The Bertz CT molecular complexity index is 742. The molecule has 128 valence electrons. The number of thiophene rings is 1. The zero-order chi connectivity index (χ0) is 17.1. The van der Waals surface area contributed by atoms with E-state index in [1.165, 1.54) is 9.75 Å². The van der Waals surface area contributed by atoms with Crippen LogP contribution in [-0.4, -0.2) is 19.3 Å². The fraction of sp³-hybridized carbons (Fsp3) is 0.333. The predicted molar refractivity (Wildman–Crippen MR) is 94.9 cm³/mol. The topological polar surface area (TPSA) is 57.0 Å². The van der Waals surface area contributed by atoms with Crippen LogP contribution in [0.5, 0.6) is 11.5 Å². The molecule has 3 rings (SSSR count). The summed E-state index contributed by atoms with van der Waals surface area (Å²) in [6.45, 7) is 2.72. The van der Waals surface area contributed by atoms with Crippen LogP contribution in [0.3, 0.4) is 0 Å². The SMILES string of the molecule is CCc1ccc(C2C=C(N)ON2Cc2ccc(OC)cc2OC)s1. The number of hydrogen-bond acceptors (Lipinski definition) is 6. The fourth-order valence-corrected chi connectivity index (χ4v) is 3.74.